The summed E-state index contributed by atoms with van der Waals surface area (Å²) in [6.45, 7) is -1.12. The molecule has 0 saturated carbocycles. The first-order valence-corrected chi connectivity index (χ1v) is 10.1. The highest BCUT2D eigenvalue weighted by Gasteiger charge is 2.39. The summed E-state index contributed by atoms with van der Waals surface area (Å²) in [5, 5.41) is 8.67. The minimum atomic E-state index is -4.99. The van der Waals surface area contributed by atoms with Crippen molar-refractivity contribution in [2.24, 2.45) is 0 Å². The first-order valence-electron chi connectivity index (χ1n) is 9.34. The number of carboxylic acids is 1. The summed E-state index contributed by atoms with van der Waals surface area (Å²) in [6, 6.07) is 3.04. The van der Waals surface area contributed by atoms with Crippen molar-refractivity contribution in [2.45, 2.75) is 25.6 Å². The van der Waals surface area contributed by atoms with E-state index in [1.165, 1.54) is 0 Å². The van der Waals surface area contributed by atoms with E-state index < -0.39 is 75.9 Å². The van der Waals surface area contributed by atoms with E-state index in [9.17, 15) is 35.5 Å². The highest BCUT2D eigenvalue weighted by atomic mass is 32.1. The number of ether oxygens (including phenoxy) is 2. The Morgan fingerprint density at radius 2 is 1.62 bits per heavy atom. The molecule has 0 fully saturated rings. The first-order chi connectivity index (χ1) is 15.9. The zero-order valence-electron chi connectivity index (χ0n) is 17.1. The van der Waals surface area contributed by atoms with Crippen LogP contribution in [0.3, 0.4) is 0 Å². The van der Waals surface area contributed by atoms with Crippen molar-refractivity contribution >= 4 is 17.5 Å². The van der Waals surface area contributed by atoms with Crippen LogP contribution >= 0.6 is 11.5 Å². The molecule has 0 saturated heterocycles. The van der Waals surface area contributed by atoms with Crippen molar-refractivity contribution in [3.8, 4) is 22.8 Å². The lowest BCUT2D eigenvalue weighted by molar-refractivity contribution is -0.137. The Labute approximate surface area is 191 Å². The van der Waals surface area contributed by atoms with Crippen LogP contribution in [0.15, 0.2) is 24.3 Å². The average Bonchev–Trinajstić information content (AvgIpc) is 3.15. The molecule has 0 aliphatic heterocycles. The molecule has 1 N–H and O–H groups in total. The Hall–Kier alpha value is -3.35. The third-order valence-electron chi connectivity index (χ3n) is 4.58. The number of halogens is 7. The van der Waals surface area contributed by atoms with Crippen LogP contribution < -0.4 is 9.47 Å². The summed E-state index contributed by atoms with van der Waals surface area (Å²) in [4.78, 5) is 9.25. The number of aromatic nitrogens is 1. The molecule has 0 spiro atoms. The molecule has 0 aliphatic rings. The Balaban J connectivity index is 2.00. The van der Waals surface area contributed by atoms with E-state index in [0.717, 1.165) is 31.4 Å². The number of alkyl halides is 3. The van der Waals surface area contributed by atoms with Gasteiger partial charge in [0.15, 0.2) is 17.4 Å². The molecule has 0 radical (unpaired) electrons. The van der Waals surface area contributed by atoms with Crippen LogP contribution in [-0.4, -0.2) is 22.6 Å². The molecule has 182 valence electrons. The van der Waals surface area contributed by atoms with E-state index in [1.807, 2.05) is 0 Å². The highest BCUT2D eigenvalue weighted by Crippen LogP contribution is 2.42. The van der Waals surface area contributed by atoms with E-state index in [-0.39, 0.29) is 29.3 Å². The molecule has 13 heteroatoms. The summed E-state index contributed by atoms with van der Waals surface area (Å²) in [5.41, 5.74) is -2.47. The fraction of sp³-hybridized carbons (Fsp3) is 0.238. The lowest BCUT2D eigenvalue weighted by Crippen LogP contribution is -2.10. The molecule has 2 aromatic carbocycles. The number of hydrogen-bond acceptors (Lipinski definition) is 5. The van der Waals surface area contributed by atoms with Gasteiger partial charge in [-0.25, -0.2) is 17.6 Å². The predicted molar refractivity (Wildman–Crippen MR) is 106 cm³/mol. The van der Waals surface area contributed by atoms with Gasteiger partial charge in [-0.05, 0) is 35.6 Å². The van der Waals surface area contributed by atoms with Crippen molar-refractivity contribution in [1.29, 1.82) is 0 Å². The molecule has 3 rings (SSSR count). The second kappa shape index (κ2) is 9.87. The molecule has 0 aliphatic carbocycles. The van der Waals surface area contributed by atoms with E-state index in [2.05, 4.69) is 4.37 Å². The van der Waals surface area contributed by atoms with Gasteiger partial charge in [-0.3, -0.25) is 4.79 Å². The van der Waals surface area contributed by atoms with Crippen molar-refractivity contribution in [3.05, 3.63) is 63.5 Å². The monoisotopic (exact) mass is 509 g/mol. The predicted octanol–water partition coefficient (Wildman–Crippen LogP) is 5.99. The Morgan fingerprint density at radius 1 is 1.03 bits per heavy atom. The van der Waals surface area contributed by atoms with Crippen LogP contribution in [0.4, 0.5) is 30.7 Å². The van der Waals surface area contributed by atoms with Crippen molar-refractivity contribution in [3.63, 3.8) is 0 Å². The topological polar surface area (TPSA) is 68.7 Å². The SMILES string of the molecule is COc1cc(F)c(-c2nsc(C(F)(F)F)c2COc2c(F)cc(CCC(=O)O)cc2F)c(F)c1. The number of aliphatic carboxylic acids is 1. The van der Waals surface area contributed by atoms with Gasteiger partial charge in [0, 0.05) is 24.1 Å². The van der Waals surface area contributed by atoms with E-state index in [1.54, 1.807) is 0 Å². The van der Waals surface area contributed by atoms with Gasteiger partial charge < -0.3 is 14.6 Å². The lowest BCUT2D eigenvalue weighted by atomic mass is 10.0. The first kappa shape index (κ1) is 25.3. The fourth-order valence-corrected chi connectivity index (χ4v) is 3.80. The van der Waals surface area contributed by atoms with Crippen LogP contribution in [0.1, 0.15) is 22.4 Å². The smallest absolute Gasteiger partial charge is 0.427 e. The standard InChI is InChI=1S/C21H14F7NO4S/c1-32-10-6-12(22)17(13(23)7-10)18-11(20(34-29-18)21(26,27)28)8-33-19-14(24)4-9(5-15(19)25)2-3-16(30)31/h4-7H,2-3,8H2,1H3,(H,30,31). The van der Waals surface area contributed by atoms with Crippen molar-refractivity contribution < 1.29 is 50.1 Å². The maximum atomic E-state index is 14.5. The van der Waals surface area contributed by atoms with Gasteiger partial charge in [0.1, 0.15) is 28.9 Å². The number of carbonyl (C=O) groups is 1. The second-order valence-corrected chi connectivity index (χ2v) is 7.65. The van der Waals surface area contributed by atoms with Gasteiger partial charge in [0.25, 0.3) is 0 Å². The summed E-state index contributed by atoms with van der Waals surface area (Å²) in [7, 11) is 1.13. The molecule has 0 unspecified atom stereocenters. The number of nitrogens with zero attached hydrogens (tertiary/aromatic N) is 1. The zero-order chi connectivity index (χ0) is 25.2. The van der Waals surface area contributed by atoms with E-state index in [0.29, 0.717) is 0 Å². The molecule has 5 nitrogen and oxygen atoms in total. The van der Waals surface area contributed by atoms with Gasteiger partial charge in [0.2, 0.25) is 0 Å². The molecule has 1 aromatic heterocycles. The minimum Gasteiger partial charge on any atom is -0.497 e. The normalized spacial score (nSPS) is 11.5. The van der Waals surface area contributed by atoms with Crippen LogP contribution in [0.2, 0.25) is 0 Å². The summed E-state index contributed by atoms with van der Waals surface area (Å²) in [6.07, 6.45) is -5.60. The fourth-order valence-electron chi connectivity index (χ4n) is 3.05. The number of carboxylic acid groups (broad SMARTS) is 1. The number of aryl methyl sites for hydroxylation is 1. The number of rotatable bonds is 8. The molecule has 3 aromatic rings. The van der Waals surface area contributed by atoms with Crippen LogP contribution in [0.5, 0.6) is 11.5 Å². The largest absolute Gasteiger partial charge is 0.497 e. The van der Waals surface area contributed by atoms with Gasteiger partial charge in [0.05, 0.1) is 18.4 Å². The zero-order valence-corrected chi connectivity index (χ0v) is 17.9. The average molecular weight is 509 g/mol. The third-order valence-corrected chi connectivity index (χ3v) is 5.51. The molecule has 0 bridgehead atoms. The molecule has 1 heterocycles. The molecule has 34 heavy (non-hydrogen) atoms. The van der Waals surface area contributed by atoms with Gasteiger partial charge in [-0.15, -0.1) is 0 Å². The Morgan fingerprint density at radius 3 is 2.12 bits per heavy atom. The third kappa shape index (κ3) is 5.41. The summed E-state index contributed by atoms with van der Waals surface area (Å²) in [5.74, 6) is -7.58. The quantitative estimate of drug-likeness (QED) is 0.378. The maximum Gasteiger partial charge on any atom is 0.427 e. The van der Waals surface area contributed by atoms with E-state index >= 15 is 0 Å². The molecule has 0 amide bonds. The van der Waals surface area contributed by atoms with E-state index in [4.69, 9.17) is 14.6 Å². The summed E-state index contributed by atoms with van der Waals surface area (Å²) >= 11 is -0.102. The number of methoxy groups -OCH3 is 1. The summed E-state index contributed by atoms with van der Waals surface area (Å²) < 4.78 is 111. The number of benzene rings is 2. The number of hydrogen-bond donors (Lipinski definition) is 1. The maximum absolute atomic E-state index is 14.5. The van der Waals surface area contributed by atoms with Crippen LogP contribution in [0, 0.1) is 23.3 Å². The van der Waals surface area contributed by atoms with Gasteiger partial charge in [-0.1, -0.05) is 0 Å². The van der Waals surface area contributed by atoms with Crippen LogP contribution in [0.25, 0.3) is 11.3 Å². The Kier molecular flexibility index (Phi) is 7.34. The van der Waals surface area contributed by atoms with Crippen LogP contribution in [-0.2, 0) is 24.0 Å². The lowest BCUT2D eigenvalue weighted by Gasteiger charge is -2.13. The Bertz CT molecular complexity index is 1180. The molecular formula is C21H14F7NO4S. The minimum absolute atomic E-state index is 0.0130. The van der Waals surface area contributed by atoms with Crippen molar-refractivity contribution in [2.75, 3.05) is 7.11 Å². The highest BCUT2D eigenvalue weighted by molar-refractivity contribution is 7.06. The van der Waals surface area contributed by atoms with Gasteiger partial charge in [-0.2, -0.15) is 17.5 Å². The molecule has 0 atom stereocenters. The van der Waals surface area contributed by atoms with Crippen molar-refractivity contribution in [1.82, 2.24) is 4.37 Å². The second-order valence-electron chi connectivity index (χ2n) is 6.87. The molecular weight excluding hydrogens is 495 g/mol. The van der Waals surface area contributed by atoms with Gasteiger partial charge >= 0.3 is 12.1 Å².